The predicted molar refractivity (Wildman–Crippen MR) is 101 cm³/mol. The van der Waals surface area contributed by atoms with E-state index in [0.29, 0.717) is 5.92 Å². The molecule has 0 aromatic heterocycles. The van der Waals surface area contributed by atoms with Crippen molar-refractivity contribution in [1.29, 1.82) is 0 Å². The molecule has 3 N–H and O–H groups in total. The second-order valence-electron chi connectivity index (χ2n) is 7.73. The number of aryl methyl sites for hydroxylation is 2. The Kier molecular flexibility index (Phi) is 7.91. The van der Waals surface area contributed by atoms with Crippen LogP contribution in [0.4, 0.5) is 0 Å². The average molecular weight is 364 g/mol. The number of ether oxygens (including phenoxy) is 1. The molecule has 1 saturated carbocycles. The van der Waals surface area contributed by atoms with Gasteiger partial charge in [-0.1, -0.05) is 49.8 Å². The first-order valence-corrected chi connectivity index (χ1v) is 9.66. The molecule has 2 rings (SSSR count). The third-order valence-electron chi connectivity index (χ3n) is 5.10. The van der Waals surface area contributed by atoms with E-state index >= 15 is 0 Å². The van der Waals surface area contributed by atoms with Gasteiger partial charge in [0.1, 0.15) is 12.4 Å². The lowest BCUT2D eigenvalue weighted by Crippen LogP contribution is -2.26. The van der Waals surface area contributed by atoms with Gasteiger partial charge in [-0.15, -0.1) is 0 Å². The normalized spacial score (nSPS) is 17.7. The van der Waals surface area contributed by atoms with Gasteiger partial charge in [0.25, 0.3) is 0 Å². The van der Waals surface area contributed by atoms with E-state index < -0.39 is 18.2 Å². The molecular formula is C21H32O5. The van der Waals surface area contributed by atoms with Crippen LogP contribution in [0.25, 0.3) is 0 Å². The molecular weight excluding hydrogens is 332 g/mol. The van der Waals surface area contributed by atoms with E-state index in [9.17, 15) is 15.0 Å². The lowest BCUT2D eigenvalue weighted by molar-refractivity contribution is -0.139. The Morgan fingerprint density at radius 1 is 1.15 bits per heavy atom. The SMILES string of the molecule is Cc1cc(C)c(OCC(O)C[C@@H](O)CC(=O)O)c(CC2CCCCC2)c1. The molecule has 1 fully saturated rings. The molecule has 0 radical (unpaired) electrons. The summed E-state index contributed by atoms with van der Waals surface area (Å²) in [6, 6.07) is 4.24. The lowest BCUT2D eigenvalue weighted by atomic mass is 9.84. The average Bonchev–Trinajstić information content (AvgIpc) is 2.54. The topological polar surface area (TPSA) is 87.0 Å². The Bertz CT molecular complexity index is 592. The van der Waals surface area contributed by atoms with E-state index in [1.807, 2.05) is 6.92 Å². The minimum atomic E-state index is -1.07. The summed E-state index contributed by atoms with van der Waals surface area (Å²) in [5.41, 5.74) is 3.44. The molecule has 0 amide bonds. The number of carboxylic acid groups (broad SMARTS) is 1. The van der Waals surface area contributed by atoms with Gasteiger partial charge in [-0.05, 0) is 37.3 Å². The van der Waals surface area contributed by atoms with Crippen molar-refractivity contribution in [3.8, 4) is 5.75 Å². The monoisotopic (exact) mass is 364 g/mol. The number of rotatable bonds is 9. The first kappa shape index (κ1) is 20.7. The molecule has 1 aliphatic carbocycles. The predicted octanol–water partition coefficient (Wildman–Crippen LogP) is 3.39. The molecule has 0 bridgehead atoms. The van der Waals surface area contributed by atoms with Crippen molar-refractivity contribution >= 4 is 5.97 Å². The van der Waals surface area contributed by atoms with E-state index in [0.717, 1.165) is 17.7 Å². The summed E-state index contributed by atoms with van der Waals surface area (Å²) < 4.78 is 5.92. The lowest BCUT2D eigenvalue weighted by Gasteiger charge is -2.24. The van der Waals surface area contributed by atoms with Crippen molar-refractivity contribution in [3.05, 3.63) is 28.8 Å². The molecule has 146 valence electrons. The molecule has 1 aliphatic rings. The third-order valence-corrected chi connectivity index (χ3v) is 5.10. The van der Waals surface area contributed by atoms with Gasteiger partial charge in [0.05, 0.1) is 18.6 Å². The Balaban J connectivity index is 1.99. The molecule has 0 spiro atoms. The van der Waals surface area contributed by atoms with Crippen molar-refractivity contribution < 1.29 is 24.9 Å². The second kappa shape index (κ2) is 9.93. The highest BCUT2D eigenvalue weighted by Crippen LogP contribution is 2.33. The van der Waals surface area contributed by atoms with Crippen molar-refractivity contribution in [2.75, 3.05) is 6.61 Å². The van der Waals surface area contributed by atoms with Crippen molar-refractivity contribution in [2.45, 2.75) is 77.4 Å². The van der Waals surface area contributed by atoms with Crippen LogP contribution in [0.1, 0.15) is 61.6 Å². The number of benzene rings is 1. The van der Waals surface area contributed by atoms with E-state index in [2.05, 4.69) is 19.1 Å². The second-order valence-corrected chi connectivity index (χ2v) is 7.73. The van der Waals surface area contributed by atoms with Crippen LogP contribution in [0.5, 0.6) is 5.75 Å². The maximum atomic E-state index is 10.6. The summed E-state index contributed by atoms with van der Waals surface area (Å²) in [6.45, 7) is 4.15. The molecule has 26 heavy (non-hydrogen) atoms. The standard InChI is InChI=1S/C21H32O5/c1-14-8-15(2)21(17(9-14)10-16-6-4-3-5-7-16)26-13-19(23)11-18(22)12-20(24)25/h8-9,16,18-19,22-23H,3-7,10-13H2,1-2H3,(H,24,25)/t18-,19?/m1/s1. The number of aliphatic hydroxyl groups is 2. The Morgan fingerprint density at radius 3 is 2.50 bits per heavy atom. The van der Waals surface area contributed by atoms with Crippen LogP contribution in [0.2, 0.25) is 0 Å². The number of carboxylic acids is 1. The summed E-state index contributed by atoms with van der Waals surface area (Å²) in [7, 11) is 0. The zero-order valence-electron chi connectivity index (χ0n) is 15.9. The number of carbonyl (C=O) groups is 1. The fraction of sp³-hybridized carbons (Fsp3) is 0.667. The molecule has 1 aromatic carbocycles. The van der Waals surface area contributed by atoms with Crippen LogP contribution in [0, 0.1) is 19.8 Å². The van der Waals surface area contributed by atoms with Gasteiger partial charge in [0, 0.05) is 6.42 Å². The van der Waals surface area contributed by atoms with Crippen LogP contribution >= 0.6 is 0 Å². The minimum absolute atomic E-state index is 0.00479. The van der Waals surface area contributed by atoms with Gasteiger partial charge in [-0.3, -0.25) is 4.79 Å². The summed E-state index contributed by atoms with van der Waals surface area (Å²) in [4.78, 5) is 10.6. The highest BCUT2D eigenvalue weighted by molar-refractivity contribution is 5.67. The highest BCUT2D eigenvalue weighted by atomic mass is 16.5. The Morgan fingerprint density at radius 2 is 1.85 bits per heavy atom. The largest absolute Gasteiger partial charge is 0.490 e. The van der Waals surface area contributed by atoms with Crippen molar-refractivity contribution in [2.24, 2.45) is 5.92 Å². The summed E-state index contributed by atoms with van der Waals surface area (Å²) in [5.74, 6) is 0.442. The Labute approximate surface area is 156 Å². The zero-order valence-corrected chi connectivity index (χ0v) is 15.9. The molecule has 1 unspecified atom stereocenters. The Hall–Kier alpha value is -1.59. The number of aliphatic hydroxyl groups excluding tert-OH is 2. The number of hydrogen-bond acceptors (Lipinski definition) is 4. The molecule has 0 aliphatic heterocycles. The molecule has 2 atom stereocenters. The van der Waals surface area contributed by atoms with Crippen LogP contribution in [0.15, 0.2) is 12.1 Å². The van der Waals surface area contributed by atoms with E-state index in [1.54, 1.807) is 0 Å². The number of hydrogen-bond donors (Lipinski definition) is 3. The fourth-order valence-corrected chi connectivity index (χ4v) is 3.95. The number of aliphatic carboxylic acids is 1. The molecule has 0 heterocycles. The first-order chi connectivity index (χ1) is 12.3. The van der Waals surface area contributed by atoms with E-state index in [-0.39, 0.29) is 19.4 Å². The van der Waals surface area contributed by atoms with Gasteiger partial charge >= 0.3 is 5.97 Å². The maximum absolute atomic E-state index is 10.6. The highest BCUT2D eigenvalue weighted by Gasteiger charge is 2.20. The maximum Gasteiger partial charge on any atom is 0.305 e. The van der Waals surface area contributed by atoms with Crippen LogP contribution < -0.4 is 4.74 Å². The summed E-state index contributed by atoms with van der Waals surface area (Å²) >= 11 is 0. The van der Waals surface area contributed by atoms with E-state index in [4.69, 9.17) is 9.84 Å². The van der Waals surface area contributed by atoms with Gasteiger partial charge < -0.3 is 20.1 Å². The van der Waals surface area contributed by atoms with Crippen LogP contribution in [0.3, 0.4) is 0 Å². The van der Waals surface area contributed by atoms with Gasteiger partial charge in [0.2, 0.25) is 0 Å². The third kappa shape index (κ3) is 6.61. The first-order valence-electron chi connectivity index (χ1n) is 9.66. The van der Waals surface area contributed by atoms with Gasteiger partial charge in [-0.2, -0.15) is 0 Å². The molecule has 1 aromatic rings. The van der Waals surface area contributed by atoms with Crippen LogP contribution in [-0.4, -0.2) is 40.1 Å². The molecule has 5 nitrogen and oxygen atoms in total. The summed E-state index contributed by atoms with van der Waals surface area (Å²) in [6.07, 6.45) is 5.11. The van der Waals surface area contributed by atoms with Crippen molar-refractivity contribution in [3.63, 3.8) is 0 Å². The van der Waals surface area contributed by atoms with E-state index in [1.165, 1.54) is 43.2 Å². The fourth-order valence-electron chi connectivity index (χ4n) is 3.95. The van der Waals surface area contributed by atoms with Gasteiger partial charge in [0.15, 0.2) is 0 Å². The van der Waals surface area contributed by atoms with Gasteiger partial charge in [-0.25, -0.2) is 0 Å². The summed E-state index contributed by atoms with van der Waals surface area (Å²) in [5, 5.41) is 28.4. The smallest absolute Gasteiger partial charge is 0.305 e. The van der Waals surface area contributed by atoms with Crippen LogP contribution in [-0.2, 0) is 11.2 Å². The quantitative estimate of drug-likeness (QED) is 0.625. The van der Waals surface area contributed by atoms with Crippen molar-refractivity contribution in [1.82, 2.24) is 0 Å². The minimum Gasteiger partial charge on any atom is -0.490 e. The molecule has 5 heteroatoms. The zero-order chi connectivity index (χ0) is 19.1. The molecule has 0 saturated heterocycles.